The van der Waals surface area contributed by atoms with Gasteiger partial charge in [-0.05, 0) is 36.6 Å². The number of halogens is 1. The van der Waals surface area contributed by atoms with Gasteiger partial charge >= 0.3 is 0 Å². The van der Waals surface area contributed by atoms with Crippen molar-refractivity contribution in [1.82, 2.24) is 14.9 Å². The Hall–Kier alpha value is -1.53. The molecule has 2 saturated heterocycles. The third-order valence-corrected chi connectivity index (χ3v) is 5.66. The van der Waals surface area contributed by atoms with Crippen LogP contribution in [0.1, 0.15) is 12.0 Å². The summed E-state index contributed by atoms with van der Waals surface area (Å²) in [5.74, 6) is 1.22. The van der Waals surface area contributed by atoms with Crippen molar-refractivity contribution >= 4 is 11.6 Å². The number of likely N-dealkylation sites (tertiary alicyclic amines) is 1. The topological polar surface area (TPSA) is 58.5 Å². The molecule has 2 aliphatic heterocycles. The van der Waals surface area contributed by atoms with E-state index in [4.69, 9.17) is 16.3 Å². The highest BCUT2D eigenvalue weighted by molar-refractivity contribution is 6.30. The average molecular weight is 360 g/mol. The van der Waals surface area contributed by atoms with Gasteiger partial charge < -0.3 is 9.84 Å². The predicted octanol–water partition coefficient (Wildman–Crippen LogP) is 2.63. The Labute approximate surface area is 152 Å². The van der Waals surface area contributed by atoms with E-state index in [2.05, 4.69) is 14.9 Å². The second-order valence-electron chi connectivity index (χ2n) is 7.15. The third-order valence-electron chi connectivity index (χ3n) is 5.41. The predicted molar refractivity (Wildman–Crippen MR) is 96.2 cm³/mol. The van der Waals surface area contributed by atoms with Crippen LogP contribution in [-0.2, 0) is 11.3 Å². The van der Waals surface area contributed by atoms with E-state index in [1.807, 2.05) is 36.7 Å². The summed E-state index contributed by atoms with van der Waals surface area (Å²) in [7, 11) is 0. The Morgan fingerprint density at radius 2 is 2.00 bits per heavy atom. The number of fused-ring (bicyclic) bond motifs is 1. The molecule has 0 unspecified atom stereocenters. The molecule has 1 N–H and O–H groups in total. The zero-order valence-corrected chi connectivity index (χ0v) is 14.8. The number of rotatable bonds is 4. The summed E-state index contributed by atoms with van der Waals surface area (Å²) in [6.07, 6.45) is 4.81. The summed E-state index contributed by atoms with van der Waals surface area (Å²) in [6, 6.07) is 7.54. The van der Waals surface area contributed by atoms with Crippen molar-refractivity contribution in [2.75, 3.05) is 32.9 Å². The first-order chi connectivity index (χ1) is 12.2. The van der Waals surface area contributed by atoms with Crippen LogP contribution in [0, 0.1) is 11.3 Å². The molecule has 1 aromatic carbocycles. The van der Waals surface area contributed by atoms with Gasteiger partial charge in [0.15, 0.2) is 5.82 Å². The van der Waals surface area contributed by atoms with Crippen molar-refractivity contribution in [2.24, 2.45) is 11.3 Å². The maximum Gasteiger partial charge on any atom is 0.159 e. The number of ether oxygens (including phenoxy) is 1. The third kappa shape index (κ3) is 3.42. The van der Waals surface area contributed by atoms with Crippen LogP contribution in [0.2, 0.25) is 5.02 Å². The molecule has 0 bridgehead atoms. The van der Waals surface area contributed by atoms with E-state index in [1.54, 1.807) is 0 Å². The summed E-state index contributed by atoms with van der Waals surface area (Å²) in [5, 5.41) is 10.6. The summed E-state index contributed by atoms with van der Waals surface area (Å²) >= 11 is 5.92. The molecule has 0 saturated carbocycles. The monoisotopic (exact) mass is 359 g/mol. The van der Waals surface area contributed by atoms with E-state index in [-0.39, 0.29) is 12.0 Å². The van der Waals surface area contributed by atoms with Gasteiger partial charge in [0.25, 0.3) is 0 Å². The molecule has 25 heavy (non-hydrogen) atoms. The highest BCUT2D eigenvalue weighted by atomic mass is 35.5. The average Bonchev–Trinajstić information content (AvgIpc) is 3.01. The maximum absolute atomic E-state index is 9.88. The van der Waals surface area contributed by atoms with Gasteiger partial charge in [-0.2, -0.15) is 0 Å². The molecule has 5 nitrogen and oxygen atoms in total. The van der Waals surface area contributed by atoms with Crippen LogP contribution >= 0.6 is 11.6 Å². The van der Waals surface area contributed by atoms with E-state index < -0.39 is 0 Å². The van der Waals surface area contributed by atoms with Crippen LogP contribution in [0.3, 0.4) is 0 Å². The van der Waals surface area contributed by atoms with E-state index in [0.29, 0.717) is 23.4 Å². The first-order valence-electron chi connectivity index (χ1n) is 8.66. The van der Waals surface area contributed by atoms with Crippen LogP contribution < -0.4 is 0 Å². The minimum Gasteiger partial charge on any atom is -0.396 e. The van der Waals surface area contributed by atoms with Gasteiger partial charge in [0.2, 0.25) is 0 Å². The van der Waals surface area contributed by atoms with Crippen LogP contribution in [-0.4, -0.2) is 52.9 Å². The van der Waals surface area contributed by atoms with E-state index >= 15 is 0 Å². The number of nitrogens with zero attached hydrogens (tertiary/aromatic N) is 3. The molecule has 0 radical (unpaired) electrons. The minimum absolute atomic E-state index is 0.0949. The van der Waals surface area contributed by atoms with Gasteiger partial charge in [0, 0.05) is 60.2 Å². The molecule has 2 aromatic rings. The Morgan fingerprint density at radius 1 is 1.24 bits per heavy atom. The zero-order valence-electron chi connectivity index (χ0n) is 14.1. The van der Waals surface area contributed by atoms with Gasteiger partial charge in [-0.3, -0.25) is 4.90 Å². The SMILES string of the molecule is OC[C@]12COCC[C@H]1CN(Cc1cnc(-c3ccc(Cl)cc3)nc1)C2. The van der Waals surface area contributed by atoms with Crippen molar-refractivity contribution in [3.63, 3.8) is 0 Å². The first kappa shape index (κ1) is 16.9. The molecule has 2 atom stereocenters. The number of hydrogen-bond acceptors (Lipinski definition) is 5. The lowest BCUT2D eigenvalue weighted by molar-refractivity contribution is -0.0561. The normalized spacial score (nSPS) is 26.6. The summed E-state index contributed by atoms with van der Waals surface area (Å²) in [5.41, 5.74) is 1.95. The Kier molecular flexibility index (Phi) is 4.73. The van der Waals surface area contributed by atoms with Crippen LogP contribution in [0.5, 0.6) is 0 Å². The van der Waals surface area contributed by atoms with Crippen molar-refractivity contribution < 1.29 is 9.84 Å². The highest BCUT2D eigenvalue weighted by Crippen LogP contribution is 2.41. The van der Waals surface area contributed by atoms with Crippen LogP contribution in [0.4, 0.5) is 0 Å². The van der Waals surface area contributed by atoms with Crippen molar-refractivity contribution in [3.05, 3.63) is 47.2 Å². The number of aromatic nitrogens is 2. The Morgan fingerprint density at radius 3 is 2.68 bits per heavy atom. The fourth-order valence-corrected chi connectivity index (χ4v) is 4.12. The zero-order chi connectivity index (χ0) is 17.3. The molecule has 3 heterocycles. The first-order valence-corrected chi connectivity index (χ1v) is 9.04. The maximum atomic E-state index is 9.88. The molecule has 0 spiro atoms. The summed E-state index contributed by atoms with van der Waals surface area (Å²) in [6.45, 7) is 4.34. The Balaban J connectivity index is 1.44. The summed E-state index contributed by atoms with van der Waals surface area (Å²) in [4.78, 5) is 11.4. The molecule has 6 heteroatoms. The minimum atomic E-state index is -0.0949. The van der Waals surface area contributed by atoms with Gasteiger partial charge in [0.1, 0.15) is 0 Å². The number of aliphatic hydroxyl groups excluding tert-OH is 1. The lowest BCUT2D eigenvalue weighted by atomic mass is 9.76. The van der Waals surface area contributed by atoms with Gasteiger partial charge in [0.05, 0.1) is 13.2 Å². The van der Waals surface area contributed by atoms with Gasteiger partial charge in [-0.25, -0.2) is 9.97 Å². The highest BCUT2D eigenvalue weighted by Gasteiger charge is 2.47. The quantitative estimate of drug-likeness (QED) is 0.909. The molecule has 2 aliphatic rings. The molecule has 1 aromatic heterocycles. The molecule has 0 amide bonds. The van der Waals surface area contributed by atoms with Crippen LogP contribution in [0.25, 0.3) is 11.4 Å². The molecule has 2 fully saturated rings. The second-order valence-corrected chi connectivity index (χ2v) is 7.59. The molecule has 132 valence electrons. The molecule has 4 rings (SSSR count). The van der Waals surface area contributed by atoms with E-state index in [1.165, 1.54) is 0 Å². The Bertz CT molecular complexity index is 722. The van der Waals surface area contributed by atoms with E-state index in [9.17, 15) is 5.11 Å². The van der Waals surface area contributed by atoms with E-state index in [0.717, 1.165) is 43.8 Å². The van der Waals surface area contributed by atoms with Crippen molar-refractivity contribution in [3.8, 4) is 11.4 Å². The van der Waals surface area contributed by atoms with Gasteiger partial charge in [-0.1, -0.05) is 11.6 Å². The standard InChI is InChI=1S/C19H22ClN3O2/c20-17-3-1-15(2-4-17)18-21-7-14(8-22-18)9-23-10-16-5-6-25-13-19(16,11-23)12-24/h1-4,7-8,16,24H,5-6,9-13H2/t16-,19+/m0/s1. The molecular formula is C19H22ClN3O2. The summed E-state index contributed by atoms with van der Waals surface area (Å²) < 4.78 is 5.63. The lowest BCUT2D eigenvalue weighted by Gasteiger charge is -2.36. The number of benzene rings is 1. The van der Waals surface area contributed by atoms with Crippen LogP contribution in [0.15, 0.2) is 36.7 Å². The smallest absolute Gasteiger partial charge is 0.159 e. The molecular weight excluding hydrogens is 338 g/mol. The van der Waals surface area contributed by atoms with Crippen molar-refractivity contribution in [2.45, 2.75) is 13.0 Å². The van der Waals surface area contributed by atoms with Crippen molar-refractivity contribution in [1.29, 1.82) is 0 Å². The largest absolute Gasteiger partial charge is 0.396 e. The number of hydrogen-bond donors (Lipinski definition) is 1. The number of aliphatic hydroxyl groups is 1. The molecule has 0 aliphatic carbocycles. The second kappa shape index (κ2) is 7.00. The van der Waals surface area contributed by atoms with Gasteiger partial charge in [-0.15, -0.1) is 0 Å². The lowest BCUT2D eigenvalue weighted by Crippen LogP contribution is -2.42. The fourth-order valence-electron chi connectivity index (χ4n) is 3.99. The fraction of sp³-hybridized carbons (Fsp3) is 0.474.